The van der Waals surface area contributed by atoms with Crippen LogP contribution in [0.5, 0.6) is 11.5 Å². The molecule has 0 spiro atoms. The first-order chi connectivity index (χ1) is 10.1. The lowest BCUT2D eigenvalue weighted by Crippen LogP contribution is -2.26. The Morgan fingerprint density at radius 2 is 1.95 bits per heavy atom. The topological polar surface area (TPSA) is 50.8 Å². The molecule has 0 aromatic heterocycles. The largest absolute Gasteiger partial charge is 0.486 e. The highest BCUT2D eigenvalue weighted by molar-refractivity contribution is 7.98. The van der Waals surface area contributed by atoms with E-state index in [9.17, 15) is 4.79 Å². The zero-order valence-electron chi connectivity index (χ0n) is 12.8. The van der Waals surface area contributed by atoms with Crippen molar-refractivity contribution in [3.63, 3.8) is 0 Å². The molecule has 6 heteroatoms. The number of fused-ring (bicyclic) bond motifs is 1. The van der Waals surface area contributed by atoms with Crippen LogP contribution in [0, 0.1) is 0 Å². The Labute approximate surface area is 130 Å². The second-order valence-electron chi connectivity index (χ2n) is 5.02. The number of hydrogen-bond acceptors (Lipinski definition) is 5. The van der Waals surface area contributed by atoms with Crippen molar-refractivity contribution in [2.45, 2.75) is 17.9 Å². The van der Waals surface area contributed by atoms with E-state index >= 15 is 0 Å². The van der Waals surface area contributed by atoms with Crippen molar-refractivity contribution >= 4 is 17.7 Å². The molecule has 0 radical (unpaired) electrons. The monoisotopic (exact) mass is 310 g/mol. The van der Waals surface area contributed by atoms with Gasteiger partial charge in [0.2, 0.25) is 5.91 Å². The minimum atomic E-state index is 0.134. The number of thioether (sulfide) groups is 1. The molecule has 0 atom stereocenters. The Hall–Kier alpha value is -1.40. The summed E-state index contributed by atoms with van der Waals surface area (Å²) in [5.41, 5.74) is 1.17. The second-order valence-corrected chi connectivity index (χ2v) is 5.87. The molecule has 1 amide bonds. The molecule has 0 aliphatic carbocycles. The third-order valence-electron chi connectivity index (χ3n) is 3.28. The van der Waals surface area contributed by atoms with Crippen molar-refractivity contribution in [3.8, 4) is 11.5 Å². The molecule has 2 rings (SSSR count). The lowest BCUT2D eigenvalue weighted by Gasteiger charge is -2.21. The number of nitrogens with one attached hydrogen (secondary N) is 1. The van der Waals surface area contributed by atoms with Crippen molar-refractivity contribution in [2.24, 2.45) is 0 Å². The van der Waals surface area contributed by atoms with Crippen LogP contribution in [0.15, 0.2) is 17.0 Å². The lowest BCUT2D eigenvalue weighted by molar-refractivity contribution is -0.128. The number of nitrogens with zero attached hydrogens (tertiary/aromatic N) is 1. The molecule has 0 unspecified atom stereocenters. The summed E-state index contributed by atoms with van der Waals surface area (Å²) in [4.78, 5) is 14.3. The second kappa shape index (κ2) is 7.56. The molecule has 21 heavy (non-hydrogen) atoms. The minimum Gasteiger partial charge on any atom is -0.486 e. The molecule has 0 saturated carbocycles. The Kier molecular flexibility index (Phi) is 5.76. The van der Waals surface area contributed by atoms with Gasteiger partial charge in [0.1, 0.15) is 13.2 Å². The molecule has 1 heterocycles. The van der Waals surface area contributed by atoms with Crippen molar-refractivity contribution < 1.29 is 14.3 Å². The number of benzene rings is 1. The van der Waals surface area contributed by atoms with Crippen LogP contribution < -0.4 is 14.8 Å². The van der Waals surface area contributed by atoms with E-state index in [-0.39, 0.29) is 5.91 Å². The van der Waals surface area contributed by atoms with Gasteiger partial charge in [-0.15, -0.1) is 11.8 Å². The summed E-state index contributed by atoms with van der Waals surface area (Å²) in [7, 11) is 3.55. The normalized spacial score (nSPS) is 13.1. The van der Waals surface area contributed by atoms with Gasteiger partial charge in [-0.05, 0) is 24.0 Å². The van der Waals surface area contributed by atoms with Gasteiger partial charge in [-0.2, -0.15) is 0 Å². The van der Waals surface area contributed by atoms with E-state index in [1.807, 2.05) is 18.4 Å². The van der Waals surface area contributed by atoms with E-state index in [1.54, 1.807) is 30.8 Å². The third kappa shape index (κ3) is 4.28. The molecule has 0 bridgehead atoms. The van der Waals surface area contributed by atoms with Crippen molar-refractivity contribution in [2.75, 3.05) is 40.1 Å². The van der Waals surface area contributed by atoms with Gasteiger partial charge in [-0.1, -0.05) is 0 Å². The fraction of sp³-hybridized carbons (Fsp3) is 0.533. The maximum Gasteiger partial charge on any atom is 0.223 e. The fourth-order valence-corrected chi connectivity index (χ4v) is 2.70. The van der Waals surface area contributed by atoms with Gasteiger partial charge in [0.15, 0.2) is 11.5 Å². The summed E-state index contributed by atoms with van der Waals surface area (Å²) in [6.07, 6.45) is 2.55. The Morgan fingerprint density at radius 1 is 1.29 bits per heavy atom. The summed E-state index contributed by atoms with van der Waals surface area (Å²) in [6, 6.07) is 4.06. The first kappa shape index (κ1) is 16.0. The molecule has 5 nitrogen and oxygen atoms in total. The van der Waals surface area contributed by atoms with E-state index in [2.05, 4.69) is 5.32 Å². The lowest BCUT2D eigenvalue weighted by atomic mass is 10.2. The van der Waals surface area contributed by atoms with Crippen molar-refractivity contribution in [1.82, 2.24) is 10.2 Å². The van der Waals surface area contributed by atoms with Crippen LogP contribution in [0.2, 0.25) is 0 Å². The van der Waals surface area contributed by atoms with Crippen LogP contribution >= 0.6 is 11.8 Å². The van der Waals surface area contributed by atoms with Crippen LogP contribution in [0.25, 0.3) is 0 Å². The van der Waals surface area contributed by atoms with E-state index in [4.69, 9.17) is 9.47 Å². The van der Waals surface area contributed by atoms with Crippen molar-refractivity contribution in [1.29, 1.82) is 0 Å². The smallest absolute Gasteiger partial charge is 0.223 e. The van der Waals surface area contributed by atoms with E-state index < -0.39 is 0 Å². The Morgan fingerprint density at radius 3 is 2.57 bits per heavy atom. The third-order valence-corrected chi connectivity index (χ3v) is 4.09. The molecule has 1 aromatic rings. The highest BCUT2D eigenvalue weighted by atomic mass is 32.2. The van der Waals surface area contributed by atoms with E-state index in [1.165, 1.54) is 10.5 Å². The summed E-state index contributed by atoms with van der Waals surface area (Å²) in [6.45, 7) is 2.58. The van der Waals surface area contributed by atoms with Gasteiger partial charge in [-0.25, -0.2) is 0 Å². The minimum absolute atomic E-state index is 0.134. The van der Waals surface area contributed by atoms with Crippen LogP contribution in [0.3, 0.4) is 0 Å². The number of carbonyl (C=O) groups is 1. The zero-order chi connectivity index (χ0) is 15.2. The molecule has 116 valence electrons. The predicted octanol–water partition coefficient (Wildman–Crippen LogP) is 1.75. The Balaban J connectivity index is 1.94. The first-order valence-corrected chi connectivity index (χ1v) is 8.21. The van der Waals surface area contributed by atoms with Gasteiger partial charge in [-0.3, -0.25) is 4.79 Å². The van der Waals surface area contributed by atoms with Gasteiger partial charge < -0.3 is 19.7 Å². The van der Waals surface area contributed by atoms with E-state index in [0.29, 0.717) is 32.7 Å². The predicted molar refractivity (Wildman–Crippen MR) is 84.2 cm³/mol. The van der Waals surface area contributed by atoms with Crippen LogP contribution in [0.1, 0.15) is 12.0 Å². The van der Waals surface area contributed by atoms with E-state index in [0.717, 1.165) is 11.5 Å². The van der Waals surface area contributed by atoms with Gasteiger partial charge in [0.05, 0.1) is 0 Å². The standard InChI is InChI=1S/C15H22N2O3S/c1-17(2)15(18)4-5-16-10-11-8-12-13(9-14(11)21-3)20-7-6-19-12/h8-9,16H,4-7,10H2,1-3H3. The maximum absolute atomic E-state index is 11.5. The van der Waals surface area contributed by atoms with Crippen molar-refractivity contribution in [3.05, 3.63) is 17.7 Å². The summed E-state index contributed by atoms with van der Waals surface area (Å²) in [5, 5.41) is 3.31. The molecular formula is C15H22N2O3S. The average Bonchev–Trinajstić information content (AvgIpc) is 2.50. The number of rotatable bonds is 6. The highest BCUT2D eigenvalue weighted by Gasteiger charge is 2.15. The molecule has 1 N–H and O–H groups in total. The van der Waals surface area contributed by atoms with Crippen LogP contribution in [-0.4, -0.2) is 50.9 Å². The van der Waals surface area contributed by atoms with Gasteiger partial charge >= 0.3 is 0 Å². The molecule has 0 saturated heterocycles. The van der Waals surface area contributed by atoms with Crippen LogP contribution in [0.4, 0.5) is 0 Å². The molecule has 1 aromatic carbocycles. The summed E-state index contributed by atoms with van der Waals surface area (Å²) >= 11 is 1.69. The summed E-state index contributed by atoms with van der Waals surface area (Å²) in [5.74, 6) is 1.76. The summed E-state index contributed by atoms with van der Waals surface area (Å²) < 4.78 is 11.2. The number of hydrogen-bond donors (Lipinski definition) is 1. The molecule has 0 fully saturated rings. The molecular weight excluding hydrogens is 288 g/mol. The highest BCUT2D eigenvalue weighted by Crippen LogP contribution is 2.36. The number of ether oxygens (including phenoxy) is 2. The number of carbonyl (C=O) groups excluding carboxylic acids is 1. The van der Waals surface area contributed by atoms with Gasteiger partial charge in [0.25, 0.3) is 0 Å². The zero-order valence-corrected chi connectivity index (χ0v) is 13.6. The SMILES string of the molecule is CSc1cc2c(cc1CNCCC(=O)N(C)C)OCCO2. The molecule has 1 aliphatic rings. The quantitative estimate of drug-likeness (QED) is 0.641. The average molecular weight is 310 g/mol. The number of amides is 1. The Bertz CT molecular complexity index is 506. The fourth-order valence-electron chi connectivity index (χ4n) is 2.08. The molecule has 1 aliphatic heterocycles. The van der Waals surface area contributed by atoms with Gasteiger partial charge in [0, 0.05) is 38.5 Å². The van der Waals surface area contributed by atoms with Crippen LogP contribution in [-0.2, 0) is 11.3 Å². The maximum atomic E-state index is 11.5. The first-order valence-electron chi connectivity index (χ1n) is 6.99.